The van der Waals surface area contributed by atoms with Crippen molar-refractivity contribution in [2.75, 3.05) is 11.4 Å². The van der Waals surface area contributed by atoms with Gasteiger partial charge in [-0.05, 0) is 49.1 Å². The van der Waals surface area contributed by atoms with Gasteiger partial charge in [-0.15, -0.1) is 0 Å². The van der Waals surface area contributed by atoms with Crippen LogP contribution in [0.25, 0.3) is 0 Å². The molecule has 2 aromatic rings. The van der Waals surface area contributed by atoms with Crippen molar-refractivity contribution in [3.05, 3.63) is 60.2 Å². The van der Waals surface area contributed by atoms with E-state index in [-0.39, 0.29) is 18.2 Å². The summed E-state index contributed by atoms with van der Waals surface area (Å²) < 4.78 is 44.9. The number of anilines is 1. The number of piperidine rings is 2. The molecular formula is C23H19F3N2O4. The summed E-state index contributed by atoms with van der Waals surface area (Å²) in [7, 11) is 0. The van der Waals surface area contributed by atoms with E-state index >= 15 is 0 Å². The molecule has 3 saturated heterocycles. The van der Waals surface area contributed by atoms with E-state index < -0.39 is 47.5 Å². The summed E-state index contributed by atoms with van der Waals surface area (Å²) in [4.78, 5) is 41.6. The first kappa shape index (κ1) is 20.5. The van der Waals surface area contributed by atoms with Gasteiger partial charge >= 0.3 is 12.3 Å². The van der Waals surface area contributed by atoms with Crippen LogP contribution in [0.15, 0.2) is 54.6 Å². The molecule has 32 heavy (non-hydrogen) atoms. The SMILES string of the molecule is O=C1C2C3CCC(C2C(=O)N1c1cccc(C(F)(F)F)c1)N(C(=O)Oc1ccccc1)C3. The first-order valence-electron chi connectivity index (χ1n) is 10.3. The Bertz CT molecular complexity index is 1090. The van der Waals surface area contributed by atoms with Gasteiger partial charge in [-0.3, -0.25) is 9.59 Å². The Morgan fingerprint density at radius 3 is 2.38 bits per heavy atom. The highest BCUT2D eigenvalue weighted by atomic mass is 19.4. The average molecular weight is 444 g/mol. The highest BCUT2D eigenvalue weighted by Gasteiger charge is 2.61. The van der Waals surface area contributed by atoms with Crippen molar-refractivity contribution in [2.24, 2.45) is 17.8 Å². The van der Waals surface area contributed by atoms with Gasteiger partial charge in [0.2, 0.25) is 11.8 Å². The number of fused-ring (bicyclic) bond motifs is 2. The van der Waals surface area contributed by atoms with E-state index in [0.29, 0.717) is 18.6 Å². The number of imide groups is 1. The number of halogens is 3. The number of alkyl halides is 3. The fourth-order valence-electron chi connectivity index (χ4n) is 5.23. The summed E-state index contributed by atoms with van der Waals surface area (Å²) in [5.41, 5.74) is -1.02. The largest absolute Gasteiger partial charge is 0.416 e. The van der Waals surface area contributed by atoms with Crippen LogP contribution >= 0.6 is 0 Å². The molecule has 0 radical (unpaired) electrons. The molecule has 0 aromatic heterocycles. The van der Waals surface area contributed by atoms with Gasteiger partial charge in [-0.25, -0.2) is 9.69 Å². The number of ether oxygens (including phenoxy) is 1. The molecule has 4 aliphatic rings. The minimum atomic E-state index is -4.59. The zero-order valence-corrected chi connectivity index (χ0v) is 16.8. The van der Waals surface area contributed by atoms with Gasteiger partial charge in [-0.2, -0.15) is 13.2 Å². The molecule has 2 bridgehead atoms. The number of amides is 3. The Balaban J connectivity index is 1.43. The molecule has 3 amide bonds. The second kappa shape index (κ2) is 7.36. The van der Waals surface area contributed by atoms with Crippen LogP contribution in [0.1, 0.15) is 18.4 Å². The maximum absolute atomic E-state index is 13.3. The monoisotopic (exact) mass is 444 g/mol. The van der Waals surface area contributed by atoms with Gasteiger partial charge in [-0.1, -0.05) is 24.3 Å². The molecule has 4 atom stereocenters. The first-order valence-corrected chi connectivity index (χ1v) is 10.3. The van der Waals surface area contributed by atoms with E-state index in [4.69, 9.17) is 4.74 Å². The Morgan fingerprint density at radius 2 is 1.66 bits per heavy atom. The quantitative estimate of drug-likeness (QED) is 0.654. The number of carbonyl (C=O) groups is 3. The van der Waals surface area contributed by atoms with Gasteiger partial charge in [0.1, 0.15) is 5.75 Å². The molecule has 3 heterocycles. The number of rotatable bonds is 2. The van der Waals surface area contributed by atoms with Crippen molar-refractivity contribution in [3.8, 4) is 5.75 Å². The van der Waals surface area contributed by atoms with E-state index in [1.807, 2.05) is 0 Å². The normalized spacial score (nSPS) is 27.0. The number of nitrogens with zero attached hydrogens (tertiary/aromatic N) is 2. The van der Waals surface area contributed by atoms with Crippen LogP contribution in [0, 0.1) is 17.8 Å². The molecule has 6 nitrogen and oxygen atoms in total. The van der Waals surface area contributed by atoms with Crippen LogP contribution < -0.4 is 9.64 Å². The fraction of sp³-hybridized carbons (Fsp3) is 0.348. The second-order valence-electron chi connectivity index (χ2n) is 8.35. The summed E-state index contributed by atoms with van der Waals surface area (Å²) in [5.74, 6) is -2.36. The molecule has 1 aliphatic carbocycles. The minimum absolute atomic E-state index is 0.0953. The molecule has 166 valence electrons. The smallest absolute Gasteiger partial charge is 0.410 e. The maximum Gasteiger partial charge on any atom is 0.416 e. The lowest BCUT2D eigenvalue weighted by atomic mass is 9.66. The molecule has 3 aliphatic heterocycles. The van der Waals surface area contributed by atoms with Gasteiger partial charge < -0.3 is 9.64 Å². The van der Waals surface area contributed by atoms with E-state index in [2.05, 4.69) is 0 Å². The van der Waals surface area contributed by atoms with Gasteiger partial charge in [0.25, 0.3) is 0 Å². The molecule has 4 fully saturated rings. The van der Waals surface area contributed by atoms with Crippen molar-refractivity contribution in [1.82, 2.24) is 4.90 Å². The van der Waals surface area contributed by atoms with Gasteiger partial charge in [0.05, 0.1) is 23.1 Å². The highest BCUT2D eigenvalue weighted by molar-refractivity contribution is 6.22. The Kier molecular flexibility index (Phi) is 4.72. The van der Waals surface area contributed by atoms with Crippen molar-refractivity contribution in [1.29, 1.82) is 0 Å². The number of hydrogen-bond acceptors (Lipinski definition) is 4. The summed E-state index contributed by atoms with van der Waals surface area (Å²) in [6, 6.07) is 12.2. The minimum Gasteiger partial charge on any atom is -0.410 e. The van der Waals surface area contributed by atoms with Crippen molar-refractivity contribution in [2.45, 2.75) is 25.1 Å². The molecule has 1 saturated carbocycles. The van der Waals surface area contributed by atoms with Gasteiger partial charge in [0.15, 0.2) is 0 Å². The molecule has 4 unspecified atom stereocenters. The fourth-order valence-corrected chi connectivity index (χ4v) is 5.23. The average Bonchev–Trinajstić information content (AvgIpc) is 3.06. The predicted octanol–water partition coefficient (Wildman–Crippen LogP) is 4.10. The topological polar surface area (TPSA) is 66.9 Å². The predicted molar refractivity (Wildman–Crippen MR) is 107 cm³/mol. The van der Waals surface area contributed by atoms with Crippen LogP contribution in [0.4, 0.5) is 23.7 Å². The maximum atomic E-state index is 13.3. The molecule has 6 rings (SSSR count). The Morgan fingerprint density at radius 1 is 0.938 bits per heavy atom. The standard InChI is InChI=1S/C23H19F3N2O4/c24-23(25,26)14-5-4-6-15(11-14)28-20(29)18-13-9-10-17(19(18)21(28)30)27(12-13)22(31)32-16-7-2-1-3-8-16/h1-8,11,13,17-19H,9-10,12H2. The Hall–Kier alpha value is -3.36. The summed E-state index contributed by atoms with van der Waals surface area (Å²) in [5, 5.41) is 0. The Labute approximate surface area is 181 Å². The zero-order chi connectivity index (χ0) is 22.6. The zero-order valence-electron chi connectivity index (χ0n) is 16.8. The first-order chi connectivity index (χ1) is 15.3. The molecule has 9 heteroatoms. The number of benzene rings is 2. The number of para-hydroxylation sites is 1. The van der Waals surface area contributed by atoms with E-state index in [1.54, 1.807) is 30.3 Å². The summed E-state index contributed by atoms with van der Waals surface area (Å²) in [6.07, 6.45) is -3.99. The van der Waals surface area contributed by atoms with Crippen LogP contribution in [0.5, 0.6) is 5.75 Å². The van der Waals surface area contributed by atoms with Crippen LogP contribution in [-0.2, 0) is 15.8 Å². The molecule has 0 N–H and O–H groups in total. The van der Waals surface area contributed by atoms with Crippen LogP contribution in [0.2, 0.25) is 0 Å². The summed E-state index contributed by atoms with van der Waals surface area (Å²) >= 11 is 0. The molecule has 2 aromatic carbocycles. The number of hydrogen-bond donors (Lipinski definition) is 0. The van der Waals surface area contributed by atoms with Crippen molar-refractivity contribution < 1.29 is 32.3 Å². The lowest BCUT2D eigenvalue weighted by Gasteiger charge is -2.49. The van der Waals surface area contributed by atoms with Crippen molar-refractivity contribution >= 4 is 23.6 Å². The van der Waals surface area contributed by atoms with E-state index in [1.165, 1.54) is 17.0 Å². The third-order valence-electron chi connectivity index (χ3n) is 6.60. The third-order valence-corrected chi connectivity index (χ3v) is 6.60. The third kappa shape index (κ3) is 3.23. The van der Waals surface area contributed by atoms with Gasteiger partial charge in [0, 0.05) is 12.6 Å². The number of carbonyl (C=O) groups excluding carboxylic acids is 3. The second-order valence-corrected chi connectivity index (χ2v) is 8.35. The lowest BCUT2D eigenvalue weighted by Crippen LogP contribution is -2.60. The van der Waals surface area contributed by atoms with Crippen molar-refractivity contribution in [3.63, 3.8) is 0 Å². The van der Waals surface area contributed by atoms with Crippen LogP contribution in [0.3, 0.4) is 0 Å². The molecular weight excluding hydrogens is 425 g/mol. The highest BCUT2D eigenvalue weighted by Crippen LogP contribution is 2.49. The van der Waals surface area contributed by atoms with E-state index in [9.17, 15) is 27.6 Å². The summed E-state index contributed by atoms with van der Waals surface area (Å²) in [6.45, 7) is 0.271. The van der Waals surface area contributed by atoms with Crippen LogP contribution in [-0.4, -0.2) is 35.4 Å². The molecule has 0 spiro atoms. The van der Waals surface area contributed by atoms with E-state index in [0.717, 1.165) is 17.0 Å². The lowest BCUT2D eigenvalue weighted by molar-refractivity contribution is -0.137.